The van der Waals surface area contributed by atoms with Gasteiger partial charge in [0.2, 0.25) is 5.91 Å². The number of hydrogen-bond acceptors (Lipinski definition) is 5. The maximum absolute atomic E-state index is 13.3. The van der Waals surface area contributed by atoms with Crippen LogP contribution in [0.4, 0.5) is 0 Å². The summed E-state index contributed by atoms with van der Waals surface area (Å²) < 4.78 is 11.7. The van der Waals surface area contributed by atoms with Crippen molar-refractivity contribution in [3.05, 3.63) is 24.3 Å². The molecule has 0 spiro atoms. The molecule has 0 N–H and O–H groups in total. The first kappa shape index (κ1) is 29.9. The van der Waals surface area contributed by atoms with Gasteiger partial charge >= 0.3 is 5.97 Å². The highest BCUT2D eigenvalue weighted by Gasteiger charge is 2.56. The van der Waals surface area contributed by atoms with Gasteiger partial charge < -0.3 is 19.3 Å². The molecule has 6 heteroatoms. The maximum atomic E-state index is 13.3. The molecule has 3 fully saturated rings. The Morgan fingerprint density at radius 2 is 1.38 bits per heavy atom. The molecule has 0 aromatic rings. The monoisotopic (exact) mass is 516 g/mol. The number of amides is 1. The van der Waals surface area contributed by atoms with E-state index >= 15 is 0 Å². The molecule has 0 aliphatic carbocycles. The average Bonchev–Trinajstić information content (AvgIpc) is 3.52. The van der Waals surface area contributed by atoms with Gasteiger partial charge in [0, 0.05) is 26.2 Å². The van der Waals surface area contributed by atoms with Gasteiger partial charge in [0.25, 0.3) is 0 Å². The van der Waals surface area contributed by atoms with Crippen LogP contribution in [0.1, 0.15) is 96.8 Å². The Bertz CT molecular complexity index is 729. The third-order valence-electron chi connectivity index (χ3n) is 8.23. The summed E-state index contributed by atoms with van der Waals surface area (Å²) in [6.45, 7) is 5.94. The number of allylic oxidation sites excluding steroid dienone is 4. The van der Waals surface area contributed by atoms with E-state index < -0.39 is 5.92 Å². The summed E-state index contributed by atoms with van der Waals surface area (Å²) in [5.74, 6) is -0.903. The highest BCUT2D eigenvalue weighted by Crippen LogP contribution is 2.45. The van der Waals surface area contributed by atoms with E-state index in [-0.39, 0.29) is 30.0 Å². The quantitative estimate of drug-likeness (QED) is 0.137. The van der Waals surface area contributed by atoms with Gasteiger partial charge in [-0.25, -0.2) is 0 Å². The summed E-state index contributed by atoms with van der Waals surface area (Å²) in [6, 6.07) is 0. The van der Waals surface area contributed by atoms with E-state index in [0.717, 1.165) is 58.3 Å². The molecule has 4 atom stereocenters. The minimum Gasteiger partial charge on any atom is -0.465 e. The van der Waals surface area contributed by atoms with Crippen LogP contribution < -0.4 is 0 Å². The van der Waals surface area contributed by atoms with Crippen LogP contribution >= 0.6 is 0 Å². The van der Waals surface area contributed by atoms with Crippen molar-refractivity contribution in [2.45, 2.75) is 109 Å². The summed E-state index contributed by atoms with van der Waals surface area (Å²) in [4.78, 5) is 30.4. The van der Waals surface area contributed by atoms with Crippen molar-refractivity contribution in [2.24, 2.45) is 11.8 Å². The number of carbonyl (C=O) groups excluding carboxylic acids is 2. The Morgan fingerprint density at radius 1 is 0.784 bits per heavy atom. The smallest absolute Gasteiger partial charge is 0.312 e. The molecule has 3 aliphatic heterocycles. The van der Waals surface area contributed by atoms with Crippen molar-refractivity contribution < 1.29 is 19.1 Å². The van der Waals surface area contributed by atoms with Gasteiger partial charge in [0.15, 0.2) is 0 Å². The normalized spacial score (nSPS) is 26.1. The van der Waals surface area contributed by atoms with Crippen molar-refractivity contribution in [3.8, 4) is 0 Å². The number of nitrogens with zero attached hydrogens (tertiary/aromatic N) is 2. The Balaban J connectivity index is 1.21. The van der Waals surface area contributed by atoms with Crippen LogP contribution in [0.2, 0.25) is 0 Å². The van der Waals surface area contributed by atoms with Gasteiger partial charge in [0.1, 0.15) is 0 Å². The van der Waals surface area contributed by atoms with Crippen molar-refractivity contribution >= 4 is 11.9 Å². The Morgan fingerprint density at radius 3 is 2.05 bits per heavy atom. The largest absolute Gasteiger partial charge is 0.465 e. The number of carbonyl (C=O) groups is 2. The van der Waals surface area contributed by atoms with Gasteiger partial charge in [-0.15, -0.1) is 0 Å². The molecule has 6 nitrogen and oxygen atoms in total. The topological polar surface area (TPSA) is 59.1 Å². The molecule has 4 unspecified atom stereocenters. The molecule has 0 saturated carbocycles. The molecular weight excluding hydrogens is 464 g/mol. The average molecular weight is 517 g/mol. The number of ether oxygens (including phenoxy) is 2. The Kier molecular flexibility index (Phi) is 13.8. The fraction of sp³-hybridized carbons (Fsp3) is 0.806. The highest BCUT2D eigenvalue weighted by molar-refractivity contribution is 5.87. The lowest BCUT2D eigenvalue weighted by Gasteiger charge is -2.36. The van der Waals surface area contributed by atoms with Crippen molar-refractivity contribution in [1.82, 2.24) is 9.80 Å². The van der Waals surface area contributed by atoms with Gasteiger partial charge in [0.05, 0.1) is 30.7 Å². The molecule has 3 heterocycles. The number of piperazine rings is 1. The highest BCUT2D eigenvalue weighted by atomic mass is 16.5. The minimum atomic E-state index is -0.421. The maximum Gasteiger partial charge on any atom is 0.312 e. The van der Waals surface area contributed by atoms with Gasteiger partial charge in [-0.1, -0.05) is 69.8 Å². The predicted molar refractivity (Wildman–Crippen MR) is 149 cm³/mol. The number of hydrogen-bond donors (Lipinski definition) is 0. The lowest BCUT2D eigenvalue weighted by molar-refractivity contribution is -0.156. The van der Waals surface area contributed by atoms with Crippen LogP contribution in [0.25, 0.3) is 0 Å². The molecule has 210 valence electrons. The van der Waals surface area contributed by atoms with E-state index in [2.05, 4.69) is 43.2 Å². The summed E-state index contributed by atoms with van der Waals surface area (Å²) in [6.07, 6.45) is 25.0. The van der Waals surface area contributed by atoms with Crippen LogP contribution in [-0.2, 0) is 19.1 Å². The molecule has 0 radical (unpaired) electrons. The fourth-order valence-corrected chi connectivity index (χ4v) is 5.89. The first-order valence-corrected chi connectivity index (χ1v) is 15.2. The predicted octanol–water partition coefficient (Wildman–Crippen LogP) is 5.91. The van der Waals surface area contributed by atoms with E-state index in [1.54, 1.807) is 0 Å². The van der Waals surface area contributed by atoms with Crippen LogP contribution in [0.3, 0.4) is 0 Å². The molecular formula is C31H52N2O4. The van der Waals surface area contributed by atoms with E-state index in [1.165, 1.54) is 57.8 Å². The van der Waals surface area contributed by atoms with Crippen LogP contribution in [0, 0.1) is 11.8 Å². The number of likely N-dealkylation sites (N-methyl/N-ethyl adjacent to an activating group) is 1. The van der Waals surface area contributed by atoms with Crippen molar-refractivity contribution in [3.63, 3.8) is 0 Å². The molecule has 0 aromatic carbocycles. The molecule has 3 saturated heterocycles. The minimum absolute atomic E-state index is 0.0935. The van der Waals surface area contributed by atoms with Gasteiger partial charge in [-0.2, -0.15) is 0 Å². The summed E-state index contributed by atoms with van der Waals surface area (Å²) in [5, 5.41) is 0. The third kappa shape index (κ3) is 9.86. The van der Waals surface area contributed by atoms with E-state index in [4.69, 9.17) is 9.47 Å². The number of fused-ring (bicyclic) bond motifs is 2. The zero-order valence-corrected chi connectivity index (χ0v) is 23.6. The van der Waals surface area contributed by atoms with Gasteiger partial charge in [-0.3, -0.25) is 9.59 Å². The second-order valence-electron chi connectivity index (χ2n) is 11.2. The molecule has 0 aromatic heterocycles. The number of unbranched alkanes of at least 4 members (excludes halogenated alkanes) is 9. The number of rotatable bonds is 17. The SMILES string of the molecule is CCCCCC=CCC=CCCCCCCCCOC(=O)C1C2CCC(O2)C1C(=O)N1CCN(C)CC1. The lowest BCUT2D eigenvalue weighted by Crippen LogP contribution is -2.52. The molecule has 37 heavy (non-hydrogen) atoms. The van der Waals surface area contributed by atoms with E-state index in [9.17, 15) is 9.59 Å². The van der Waals surface area contributed by atoms with Crippen molar-refractivity contribution in [2.75, 3.05) is 39.8 Å². The summed E-state index contributed by atoms with van der Waals surface area (Å²) >= 11 is 0. The van der Waals surface area contributed by atoms with Crippen LogP contribution in [-0.4, -0.2) is 73.7 Å². The Hall–Kier alpha value is -1.66. The molecule has 3 rings (SSSR count). The first-order valence-electron chi connectivity index (χ1n) is 15.2. The second kappa shape index (κ2) is 17.0. The lowest BCUT2D eigenvalue weighted by atomic mass is 9.78. The molecule has 2 bridgehead atoms. The summed E-state index contributed by atoms with van der Waals surface area (Å²) in [5.41, 5.74) is 0. The molecule has 1 amide bonds. The van der Waals surface area contributed by atoms with Gasteiger partial charge in [-0.05, 0) is 58.4 Å². The van der Waals surface area contributed by atoms with Crippen molar-refractivity contribution in [1.29, 1.82) is 0 Å². The second-order valence-corrected chi connectivity index (χ2v) is 11.2. The zero-order chi connectivity index (χ0) is 26.3. The first-order chi connectivity index (χ1) is 18.1. The van der Waals surface area contributed by atoms with E-state index in [0.29, 0.717) is 6.61 Å². The fourth-order valence-electron chi connectivity index (χ4n) is 5.89. The standard InChI is InChI=1S/C31H52N2O4/c1-3-4-5-6-7-8-9-10-11-12-13-14-15-16-17-18-25-36-31(35)29-27-20-19-26(37-27)28(29)30(34)33-23-21-32(2)22-24-33/h7-8,10-11,26-29H,3-6,9,12-25H2,1-2H3. The summed E-state index contributed by atoms with van der Waals surface area (Å²) in [7, 11) is 2.08. The zero-order valence-electron chi connectivity index (χ0n) is 23.6. The Labute approximate surface area is 225 Å². The van der Waals surface area contributed by atoms with Crippen LogP contribution in [0.15, 0.2) is 24.3 Å². The third-order valence-corrected chi connectivity index (χ3v) is 8.23. The molecule has 3 aliphatic rings. The van der Waals surface area contributed by atoms with Crippen LogP contribution in [0.5, 0.6) is 0 Å². The van der Waals surface area contributed by atoms with E-state index in [1.807, 2.05) is 4.90 Å². The number of esters is 1.